The largest absolute Gasteiger partial charge is 0.383 e. The summed E-state index contributed by atoms with van der Waals surface area (Å²) in [4.78, 5) is 1.21. The second-order valence-corrected chi connectivity index (χ2v) is 4.39. The van der Waals surface area contributed by atoms with Gasteiger partial charge in [0.15, 0.2) is 5.11 Å². The maximum atomic E-state index is 5.14. The van der Waals surface area contributed by atoms with Gasteiger partial charge in [-0.3, -0.25) is 0 Å². The van der Waals surface area contributed by atoms with Gasteiger partial charge in [-0.05, 0) is 36.7 Å². The van der Waals surface area contributed by atoms with Crippen molar-refractivity contribution >= 4 is 34.8 Å². The molecule has 0 aliphatic heterocycles. The fraction of sp³-hybridized carbons (Fsp3) is 0.364. The molecule has 1 rings (SSSR count). The van der Waals surface area contributed by atoms with Crippen molar-refractivity contribution in [2.24, 2.45) is 0 Å². The second-order valence-electron chi connectivity index (χ2n) is 3.11. The van der Waals surface area contributed by atoms with Gasteiger partial charge in [-0.1, -0.05) is 6.07 Å². The Labute approximate surface area is 106 Å². The number of hydrogen-bond donors (Lipinski definition) is 2. The summed E-state index contributed by atoms with van der Waals surface area (Å²) in [5.74, 6) is 0. The van der Waals surface area contributed by atoms with Gasteiger partial charge in [0.05, 0.1) is 6.61 Å². The van der Waals surface area contributed by atoms with Crippen molar-refractivity contribution in [2.75, 3.05) is 31.8 Å². The number of rotatable bonds is 5. The highest BCUT2D eigenvalue weighted by molar-refractivity contribution is 7.98. The van der Waals surface area contributed by atoms with Crippen LogP contribution in [0.1, 0.15) is 0 Å². The Morgan fingerprint density at radius 2 is 2.31 bits per heavy atom. The fourth-order valence-corrected chi connectivity index (χ4v) is 1.82. The average molecular weight is 256 g/mol. The molecule has 0 aliphatic rings. The third-order valence-corrected chi connectivity index (χ3v) is 2.89. The molecule has 1 aromatic carbocycles. The van der Waals surface area contributed by atoms with Crippen LogP contribution in [0.5, 0.6) is 0 Å². The van der Waals surface area contributed by atoms with E-state index in [1.807, 2.05) is 18.4 Å². The van der Waals surface area contributed by atoms with E-state index >= 15 is 0 Å². The zero-order valence-electron chi connectivity index (χ0n) is 9.45. The minimum atomic E-state index is 0.621. The van der Waals surface area contributed by atoms with Crippen LogP contribution in [0.4, 0.5) is 5.69 Å². The van der Waals surface area contributed by atoms with E-state index in [0.717, 1.165) is 5.69 Å². The van der Waals surface area contributed by atoms with Gasteiger partial charge < -0.3 is 15.4 Å². The third-order valence-electron chi connectivity index (χ3n) is 1.92. The number of thioether (sulfide) groups is 1. The minimum Gasteiger partial charge on any atom is -0.383 e. The molecule has 0 amide bonds. The van der Waals surface area contributed by atoms with Gasteiger partial charge in [0, 0.05) is 24.2 Å². The molecule has 5 heteroatoms. The topological polar surface area (TPSA) is 33.3 Å². The molecule has 16 heavy (non-hydrogen) atoms. The molecule has 88 valence electrons. The molecule has 0 aromatic heterocycles. The first-order chi connectivity index (χ1) is 7.76. The van der Waals surface area contributed by atoms with Gasteiger partial charge in [-0.25, -0.2) is 0 Å². The average Bonchev–Trinajstić information content (AvgIpc) is 2.29. The molecule has 1 aromatic rings. The van der Waals surface area contributed by atoms with E-state index in [9.17, 15) is 0 Å². The first-order valence-electron chi connectivity index (χ1n) is 4.94. The van der Waals surface area contributed by atoms with E-state index in [2.05, 4.69) is 22.8 Å². The zero-order valence-corrected chi connectivity index (χ0v) is 11.1. The first-order valence-corrected chi connectivity index (χ1v) is 6.57. The molecular formula is C11H16N2OS2. The lowest BCUT2D eigenvalue weighted by Crippen LogP contribution is -2.31. The van der Waals surface area contributed by atoms with Crippen LogP contribution < -0.4 is 10.6 Å². The van der Waals surface area contributed by atoms with Gasteiger partial charge in [0.2, 0.25) is 0 Å². The third kappa shape index (κ3) is 4.83. The van der Waals surface area contributed by atoms with Crippen LogP contribution in [-0.4, -0.2) is 31.6 Å². The molecule has 0 atom stereocenters. The fourth-order valence-electron chi connectivity index (χ4n) is 1.14. The molecule has 0 saturated heterocycles. The minimum absolute atomic E-state index is 0.621. The monoisotopic (exact) mass is 256 g/mol. The van der Waals surface area contributed by atoms with Crippen molar-refractivity contribution in [1.82, 2.24) is 5.32 Å². The lowest BCUT2D eigenvalue weighted by atomic mass is 10.3. The Kier molecular flexibility index (Phi) is 6.22. The Morgan fingerprint density at radius 1 is 1.50 bits per heavy atom. The van der Waals surface area contributed by atoms with Crippen molar-refractivity contribution in [3.63, 3.8) is 0 Å². The summed E-state index contributed by atoms with van der Waals surface area (Å²) in [6, 6.07) is 8.13. The summed E-state index contributed by atoms with van der Waals surface area (Å²) < 4.78 is 4.93. The van der Waals surface area contributed by atoms with Gasteiger partial charge in [-0.15, -0.1) is 11.8 Å². The number of anilines is 1. The SMILES string of the molecule is COCCNC(=S)Nc1cccc(SC)c1. The molecular weight excluding hydrogens is 240 g/mol. The molecule has 0 spiro atoms. The number of hydrogen-bond acceptors (Lipinski definition) is 3. The second kappa shape index (κ2) is 7.49. The highest BCUT2D eigenvalue weighted by Crippen LogP contribution is 2.18. The summed E-state index contributed by atoms with van der Waals surface area (Å²) >= 11 is 6.85. The Hall–Kier alpha value is -0.780. The maximum absolute atomic E-state index is 5.14. The summed E-state index contributed by atoms with van der Waals surface area (Å²) in [7, 11) is 1.67. The number of ether oxygens (including phenoxy) is 1. The predicted molar refractivity (Wildman–Crippen MR) is 74.3 cm³/mol. The number of nitrogens with one attached hydrogen (secondary N) is 2. The summed E-state index contributed by atoms with van der Waals surface area (Å²) in [5.41, 5.74) is 1.00. The van der Waals surface area contributed by atoms with Crippen molar-refractivity contribution in [2.45, 2.75) is 4.90 Å². The quantitative estimate of drug-likeness (QED) is 0.480. The molecule has 0 aliphatic carbocycles. The van der Waals surface area contributed by atoms with Crippen molar-refractivity contribution in [3.8, 4) is 0 Å². The molecule has 0 unspecified atom stereocenters. The van der Waals surface area contributed by atoms with Crippen molar-refractivity contribution in [1.29, 1.82) is 0 Å². The molecule has 0 saturated carbocycles. The van der Waals surface area contributed by atoms with Gasteiger partial charge in [0.25, 0.3) is 0 Å². The Morgan fingerprint density at radius 3 is 3.00 bits per heavy atom. The molecule has 0 radical (unpaired) electrons. The number of thiocarbonyl (C=S) groups is 1. The van der Waals surface area contributed by atoms with Crippen LogP contribution in [0, 0.1) is 0 Å². The first kappa shape index (κ1) is 13.3. The molecule has 0 fully saturated rings. The lowest BCUT2D eigenvalue weighted by molar-refractivity contribution is 0.204. The summed E-state index contributed by atoms with van der Waals surface area (Å²) in [6.07, 6.45) is 2.05. The van der Waals surface area contributed by atoms with E-state index < -0.39 is 0 Å². The van der Waals surface area contributed by atoms with Crippen LogP contribution >= 0.6 is 24.0 Å². The van der Waals surface area contributed by atoms with E-state index in [0.29, 0.717) is 18.3 Å². The number of methoxy groups -OCH3 is 1. The molecule has 3 nitrogen and oxygen atoms in total. The van der Waals surface area contributed by atoms with Gasteiger partial charge in [-0.2, -0.15) is 0 Å². The standard InChI is InChI=1S/C11H16N2OS2/c1-14-7-6-12-11(15)13-9-4-3-5-10(8-9)16-2/h3-5,8H,6-7H2,1-2H3,(H2,12,13,15). The highest BCUT2D eigenvalue weighted by atomic mass is 32.2. The summed E-state index contributed by atoms with van der Waals surface area (Å²) in [5, 5.41) is 6.81. The zero-order chi connectivity index (χ0) is 11.8. The highest BCUT2D eigenvalue weighted by Gasteiger charge is 1.97. The molecule has 0 heterocycles. The van der Waals surface area contributed by atoms with Crippen LogP contribution in [0.2, 0.25) is 0 Å². The summed E-state index contributed by atoms with van der Waals surface area (Å²) in [6.45, 7) is 1.36. The number of benzene rings is 1. The lowest BCUT2D eigenvalue weighted by Gasteiger charge is -2.10. The smallest absolute Gasteiger partial charge is 0.170 e. The Balaban J connectivity index is 2.43. The molecule has 2 N–H and O–H groups in total. The normalized spacial score (nSPS) is 9.88. The van der Waals surface area contributed by atoms with E-state index in [1.165, 1.54) is 4.90 Å². The van der Waals surface area contributed by atoms with Crippen molar-refractivity contribution < 1.29 is 4.74 Å². The van der Waals surface area contributed by atoms with Gasteiger partial charge >= 0.3 is 0 Å². The maximum Gasteiger partial charge on any atom is 0.170 e. The predicted octanol–water partition coefficient (Wildman–Crippen LogP) is 2.34. The van der Waals surface area contributed by atoms with E-state index in [-0.39, 0.29) is 0 Å². The van der Waals surface area contributed by atoms with E-state index in [1.54, 1.807) is 18.9 Å². The van der Waals surface area contributed by atoms with Gasteiger partial charge in [0.1, 0.15) is 0 Å². The van der Waals surface area contributed by atoms with Crippen LogP contribution in [0.25, 0.3) is 0 Å². The Bertz CT molecular complexity index is 345. The molecule has 0 bridgehead atoms. The van der Waals surface area contributed by atoms with Crippen molar-refractivity contribution in [3.05, 3.63) is 24.3 Å². The van der Waals surface area contributed by atoms with E-state index in [4.69, 9.17) is 17.0 Å². The van der Waals surface area contributed by atoms with Crippen LogP contribution in [0.3, 0.4) is 0 Å². The van der Waals surface area contributed by atoms with Crippen LogP contribution in [-0.2, 0) is 4.74 Å². The van der Waals surface area contributed by atoms with Crippen LogP contribution in [0.15, 0.2) is 29.2 Å².